The quantitative estimate of drug-likeness (QED) is 0.306. The van der Waals surface area contributed by atoms with Gasteiger partial charge in [0.2, 0.25) is 11.9 Å². The number of fused-ring (bicyclic) bond motifs is 2. The average Bonchev–Trinajstić information content (AvgIpc) is 3.51. The number of carbonyl (C=O) groups is 2. The molecule has 0 aliphatic heterocycles. The maximum absolute atomic E-state index is 12.9. The van der Waals surface area contributed by atoms with Gasteiger partial charge in [-0.05, 0) is 47.2 Å². The van der Waals surface area contributed by atoms with Gasteiger partial charge in [-0.25, -0.2) is 9.97 Å². The van der Waals surface area contributed by atoms with Crippen LogP contribution >= 0.6 is 0 Å². The number of nitrogens with one attached hydrogen (secondary N) is 4. The van der Waals surface area contributed by atoms with Gasteiger partial charge in [-0.2, -0.15) is 0 Å². The number of aromatic amines is 2. The van der Waals surface area contributed by atoms with Crippen LogP contribution in [0, 0.1) is 0 Å². The highest BCUT2D eigenvalue weighted by Gasteiger charge is 2.17. The Morgan fingerprint density at radius 1 is 0.882 bits per heavy atom. The van der Waals surface area contributed by atoms with E-state index in [0.717, 1.165) is 10.8 Å². The number of amides is 2. The van der Waals surface area contributed by atoms with Crippen molar-refractivity contribution in [1.29, 1.82) is 0 Å². The molecule has 34 heavy (non-hydrogen) atoms. The monoisotopic (exact) mass is 456 g/mol. The highest BCUT2D eigenvalue weighted by atomic mass is 16.5. The topological polar surface area (TPSA) is 134 Å². The molecule has 2 heterocycles. The Morgan fingerprint density at radius 2 is 1.65 bits per heavy atom. The van der Waals surface area contributed by atoms with E-state index in [1.54, 1.807) is 50.7 Å². The summed E-state index contributed by atoms with van der Waals surface area (Å²) in [5.41, 5.74) is 1.82. The molecule has 2 aromatic heterocycles. The van der Waals surface area contributed by atoms with E-state index in [1.165, 1.54) is 6.20 Å². The van der Waals surface area contributed by atoms with Gasteiger partial charge in [-0.1, -0.05) is 12.1 Å². The Morgan fingerprint density at radius 3 is 2.38 bits per heavy atom. The molecule has 0 aliphatic rings. The van der Waals surface area contributed by atoms with Gasteiger partial charge in [-0.3, -0.25) is 20.2 Å². The summed E-state index contributed by atoms with van der Waals surface area (Å²) in [6.45, 7) is 0. The molecule has 0 bridgehead atoms. The van der Waals surface area contributed by atoms with Crippen molar-refractivity contribution >= 4 is 45.5 Å². The molecule has 0 saturated carbocycles. The van der Waals surface area contributed by atoms with E-state index >= 15 is 0 Å². The number of anilines is 2. The maximum atomic E-state index is 12.9. The molecule has 2 amide bonds. The highest BCUT2D eigenvalue weighted by molar-refractivity contribution is 6.12. The smallest absolute Gasteiger partial charge is 0.260 e. The lowest BCUT2D eigenvalue weighted by Crippen LogP contribution is -2.14. The average molecular weight is 456 g/mol. The first-order valence-electron chi connectivity index (χ1n) is 10.3. The highest BCUT2D eigenvalue weighted by Crippen LogP contribution is 2.32. The van der Waals surface area contributed by atoms with Gasteiger partial charge in [0, 0.05) is 18.0 Å². The Bertz CT molecular complexity index is 1520. The third kappa shape index (κ3) is 3.88. The van der Waals surface area contributed by atoms with Gasteiger partial charge in [0.25, 0.3) is 11.8 Å². The van der Waals surface area contributed by atoms with Crippen molar-refractivity contribution in [3.05, 3.63) is 72.1 Å². The first kappa shape index (κ1) is 21.0. The SMILES string of the molecule is COc1cc2ccc(C(=O)Nc3nc4c(C(=O)Nc5ncc[nH]5)cccc4[nH]3)cc2cc1OC. The molecule has 0 unspecified atom stereocenters. The van der Waals surface area contributed by atoms with Crippen LogP contribution in [0.15, 0.2) is 60.9 Å². The van der Waals surface area contributed by atoms with Crippen LogP contribution in [0.2, 0.25) is 0 Å². The van der Waals surface area contributed by atoms with Crippen molar-refractivity contribution in [2.75, 3.05) is 24.9 Å². The van der Waals surface area contributed by atoms with Crippen molar-refractivity contribution in [1.82, 2.24) is 19.9 Å². The zero-order valence-electron chi connectivity index (χ0n) is 18.3. The van der Waals surface area contributed by atoms with Crippen molar-refractivity contribution in [2.24, 2.45) is 0 Å². The molecule has 0 saturated heterocycles. The lowest BCUT2D eigenvalue weighted by Gasteiger charge is -2.10. The van der Waals surface area contributed by atoms with E-state index in [9.17, 15) is 9.59 Å². The van der Waals surface area contributed by atoms with E-state index in [4.69, 9.17) is 9.47 Å². The summed E-state index contributed by atoms with van der Waals surface area (Å²) in [6.07, 6.45) is 3.15. The fourth-order valence-electron chi connectivity index (χ4n) is 3.68. The van der Waals surface area contributed by atoms with Gasteiger partial charge in [0.1, 0.15) is 5.52 Å². The predicted molar refractivity (Wildman–Crippen MR) is 128 cm³/mol. The van der Waals surface area contributed by atoms with Crippen molar-refractivity contribution in [3.8, 4) is 11.5 Å². The first-order valence-corrected chi connectivity index (χ1v) is 10.3. The number of aromatic nitrogens is 4. The summed E-state index contributed by atoms with van der Waals surface area (Å²) in [7, 11) is 3.13. The number of hydrogen-bond donors (Lipinski definition) is 4. The van der Waals surface area contributed by atoms with Crippen LogP contribution < -0.4 is 20.1 Å². The first-order chi connectivity index (χ1) is 16.6. The summed E-state index contributed by atoms with van der Waals surface area (Å²) >= 11 is 0. The number of methoxy groups -OCH3 is 2. The zero-order chi connectivity index (χ0) is 23.7. The van der Waals surface area contributed by atoms with Crippen LogP contribution in [0.25, 0.3) is 21.8 Å². The third-order valence-electron chi connectivity index (χ3n) is 5.32. The molecule has 4 N–H and O–H groups in total. The van der Waals surface area contributed by atoms with Crippen molar-refractivity contribution < 1.29 is 19.1 Å². The molecule has 3 aromatic carbocycles. The van der Waals surface area contributed by atoms with Crippen LogP contribution in [0.1, 0.15) is 20.7 Å². The number of carbonyl (C=O) groups excluding carboxylic acids is 2. The third-order valence-corrected chi connectivity index (χ3v) is 5.32. The minimum Gasteiger partial charge on any atom is -0.493 e. The van der Waals surface area contributed by atoms with E-state index in [2.05, 4.69) is 30.6 Å². The van der Waals surface area contributed by atoms with Crippen molar-refractivity contribution in [3.63, 3.8) is 0 Å². The molecule has 10 nitrogen and oxygen atoms in total. The Balaban J connectivity index is 1.41. The number of para-hydroxylation sites is 1. The van der Waals surface area contributed by atoms with E-state index in [1.807, 2.05) is 18.2 Å². The summed E-state index contributed by atoms with van der Waals surface area (Å²) in [5, 5.41) is 7.17. The number of ether oxygens (including phenoxy) is 2. The molecular formula is C24H20N6O4. The summed E-state index contributed by atoms with van der Waals surface area (Å²) in [6, 6.07) is 14.1. The Labute approximate surface area is 193 Å². The summed E-state index contributed by atoms with van der Waals surface area (Å²) < 4.78 is 10.7. The van der Waals surface area contributed by atoms with Gasteiger partial charge in [0.05, 0.1) is 25.3 Å². The lowest BCUT2D eigenvalue weighted by atomic mass is 10.1. The number of benzene rings is 3. The molecular weight excluding hydrogens is 436 g/mol. The standard InChI is InChI=1S/C24H20N6O4/c1-33-18-11-13-6-7-14(10-15(13)12-19(18)34-2)21(31)29-24-27-17-5-3-4-16(20(17)28-24)22(32)30-23-25-8-9-26-23/h3-12H,1-2H3,(H2,25,26,30,32)(H2,27,28,29,31). The van der Waals surface area contributed by atoms with Crippen LogP contribution in [0.4, 0.5) is 11.9 Å². The second kappa shape index (κ2) is 8.58. The minimum absolute atomic E-state index is 0.227. The molecule has 0 fully saturated rings. The number of hydrogen-bond acceptors (Lipinski definition) is 6. The van der Waals surface area contributed by atoms with Crippen LogP contribution in [-0.4, -0.2) is 46.0 Å². The normalized spacial score (nSPS) is 10.9. The Hall–Kier alpha value is -4.86. The maximum Gasteiger partial charge on any atom is 0.260 e. The van der Waals surface area contributed by atoms with E-state index in [-0.39, 0.29) is 17.8 Å². The van der Waals surface area contributed by atoms with E-state index < -0.39 is 0 Å². The molecule has 0 atom stereocenters. The number of imidazole rings is 2. The molecule has 10 heteroatoms. The molecule has 170 valence electrons. The van der Waals surface area contributed by atoms with Gasteiger partial charge in [0.15, 0.2) is 11.5 Å². The Kier molecular flexibility index (Phi) is 5.30. The van der Waals surface area contributed by atoms with Crippen LogP contribution in [0.3, 0.4) is 0 Å². The molecule has 5 rings (SSSR count). The largest absolute Gasteiger partial charge is 0.493 e. The fourth-order valence-corrected chi connectivity index (χ4v) is 3.68. The predicted octanol–water partition coefficient (Wildman–Crippen LogP) is 3.96. The molecule has 0 radical (unpaired) electrons. The van der Waals surface area contributed by atoms with Crippen LogP contribution in [0.5, 0.6) is 11.5 Å². The second-order valence-electron chi connectivity index (χ2n) is 7.40. The van der Waals surface area contributed by atoms with Crippen LogP contribution in [-0.2, 0) is 0 Å². The van der Waals surface area contributed by atoms with Gasteiger partial charge in [-0.15, -0.1) is 0 Å². The summed E-state index contributed by atoms with van der Waals surface area (Å²) in [4.78, 5) is 39.9. The molecule has 0 spiro atoms. The molecule has 5 aromatic rings. The van der Waals surface area contributed by atoms with Gasteiger partial charge >= 0.3 is 0 Å². The van der Waals surface area contributed by atoms with Crippen molar-refractivity contribution in [2.45, 2.75) is 0 Å². The number of nitrogens with zero attached hydrogens (tertiary/aromatic N) is 2. The van der Waals surface area contributed by atoms with Gasteiger partial charge < -0.3 is 19.4 Å². The van der Waals surface area contributed by atoms with E-state index in [0.29, 0.717) is 39.6 Å². The fraction of sp³-hybridized carbons (Fsp3) is 0.0833. The minimum atomic E-state index is -0.371. The number of H-pyrrole nitrogens is 2. The zero-order valence-corrected chi connectivity index (χ0v) is 18.3. The number of rotatable bonds is 6. The molecule has 0 aliphatic carbocycles. The second-order valence-corrected chi connectivity index (χ2v) is 7.40. The lowest BCUT2D eigenvalue weighted by molar-refractivity contribution is 0.101. The summed E-state index contributed by atoms with van der Waals surface area (Å²) in [5.74, 6) is 1.02.